The number of hydrogen-bond acceptors (Lipinski definition) is 3. The van der Waals surface area contributed by atoms with Crippen LogP contribution in [-0.2, 0) is 19.5 Å². The Balaban J connectivity index is 1.85. The Kier molecular flexibility index (Phi) is 6.16. The molecule has 1 aromatic heterocycles. The molecular weight excluding hydrogens is 364 g/mol. The van der Waals surface area contributed by atoms with Gasteiger partial charge in [0.1, 0.15) is 5.69 Å². The Bertz CT molecular complexity index is 843. The maximum absolute atomic E-state index is 12.8. The lowest BCUT2D eigenvalue weighted by Gasteiger charge is -2.21. The van der Waals surface area contributed by atoms with Crippen LogP contribution in [-0.4, -0.2) is 39.4 Å². The number of carbonyl (C=O) groups is 2. The van der Waals surface area contributed by atoms with Gasteiger partial charge >= 0.3 is 0 Å². The van der Waals surface area contributed by atoms with Crippen LogP contribution in [0.3, 0.4) is 0 Å². The van der Waals surface area contributed by atoms with Crippen LogP contribution >= 0.6 is 11.6 Å². The molecule has 0 saturated carbocycles. The van der Waals surface area contributed by atoms with Crippen molar-refractivity contribution in [3.05, 3.63) is 52.1 Å². The fourth-order valence-electron chi connectivity index (χ4n) is 3.44. The van der Waals surface area contributed by atoms with Crippen molar-refractivity contribution in [1.29, 1.82) is 0 Å². The first-order valence-electron chi connectivity index (χ1n) is 9.47. The van der Waals surface area contributed by atoms with Crippen molar-refractivity contribution in [2.75, 3.05) is 13.1 Å². The van der Waals surface area contributed by atoms with Crippen molar-refractivity contribution >= 4 is 23.4 Å². The molecule has 144 valence electrons. The van der Waals surface area contributed by atoms with Crippen LogP contribution in [0.2, 0.25) is 5.02 Å². The summed E-state index contributed by atoms with van der Waals surface area (Å²) in [6.07, 6.45) is 2.74. The molecule has 1 aromatic carbocycles. The number of amides is 2. The Morgan fingerprint density at radius 2 is 1.96 bits per heavy atom. The summed E-state index contributed by atoms with van der Waals surface area (Å²) in [4.78, 5) is 31.8. The molecule has 0 bridgehead atoms. The van der Waals surface area contributed by atoms with Crippen molar-refractivity contribution in [3.8, 4) is 0 Å². The summed E-state index contributed by atoms with van der Waals surface area (Å²) in [5.74, 6) is -0.0104. The zero-order chi connectivity index (χ0) is 19.4. The fourth-order valence-corrected chi connectivity index (χ4v) is 3.64. The van der Waals surface area contributed by atoms with Gasteiger partial charge in [0, 0.05) is 31.2 Å². The van der Waals surface area contributed by atoms with Crippen molar-refractivity contribution in [3.63, 3.8) is 0 Å². The first kappa shape index (κ1) is 19.4. The molecule has 0 unspecified atom stereocenters. The highest BCUT2D eigenvalue weighted by Crippen LogP contribution is 2.22. The maximum Gasteiger partial charge on any atom is 0.289 e. The minimum atomic E-state index is -0.265. The lowest BCUT2D eigenvalue weighted by Crippen LogP contribution is -2.33. The molecule has 1 aliphatic heterocycles. The van der Waals surface area contributed by atoms with E-state index in [0.717, 1.165) is 37.1 Å². The minimum absolute atomic E-state index is 0.117. The van der Waals surface area contributed by atoms with Gasteiger partial charge < -0.3 is 14.8 Å². The zero-order valence-electron chi connectivity index (χ0n) is 15.8. The number of rotatable bonds is 6. The van der Waals surface area contributed by atoms with E-state index in [4.69, 9.17) is 11.6 Å². The minimum Gasteiger partial charge on any atom is -0.347 e. The summed E-state index contributed by atoms with van der Waals surface area (Å²) < 4.78 is 1.93. The summed E-state index contributed by atoms with van der Waals surface area (Å²) >= 11 is 6.16. The van der Waals surface area contributed by atoms with Crippen molar-refractivity contribution in [2.24, 2.45) is 0 Å². The van der Waals surface area contributed by atoms with Gasteiger partial charge in [0.15, 0.2) is 5.82 Å². The second kappa shape index (κ2) is 8.57. The molecule has 0 radical (unpaired) electrons. The van der Waals surface area contributed by atoms with Gasteiger partial charge in [0.2, 0.25) is 0 Å². The van der Waals surface area contributed by atoms with E-state index in [1.54, 1.807) is 11.0 Å². The number of fused-ring (bicyclic) bond motifs is 1. The molecule has 0 aliphatic carbocycles. The predicted octanol–water partition coefficient (Wildman–Crippen LogP) is 3.28. The molecule has 2 amide bonds. The summed E-state index contributed by atoms with van der Waals surface area (Å²) in [7, 11) is 0. The highest BCUT2D eigenvalue weighted by molar-refractivity contribution is 6.31. The third-order valence-electron chi connectivity index (χ3n) is 4.97. The van der Waals surface area contributed by atoms with Gasteiger partial charge in [-0.1, -0.05) is 29.8 Å². The van der Waals surface area contributed by atoms with Gasteiger partial charge in [0.05, 0.1) is 5.69 Å². The molecule has 0 saturated heterocycles. The van der Waals surface area contributed by atoms with E-state index in [1.807, 2.05) is 36.6 Å². The van der Waals surface area contributed by atoms with Gasteiger partial charge in [-0.05, 0) is 44.7 Å². The first-order valence-corrected chi connectivity index (χ1v) is 9.84. The molecular formula is C20H25ClN4O2. The number of carbonyl (C=O) groups excluding carboxylic acids is 2. The van der Waals surface area contributed by atoms with Crippen LogP contribution in [0.5, 0.6) is 0 Å². The van der Waals surface area contributed by atoms with Gasteiger partial charge in [-0.2, -0.15) is 0 Å². The number of halogens is 1. The molecule has 3 rings (SSSR count). The summed E-state index contributed by atoms with van der Waals surface area (Å²) in [6, 6.07) is 7.40. The topological polar surface area (TPSA) is 67.2 Å². The number of hydrogen-bond donors (Lipinski definition) is 1. The number of nitrogens with one attached hydrogen (secondary N) is 1. The van der Waals surface area contributed by atoms with Crippen LogP contribution in [0.4, 0.5) is 0 Å². The molecule has 2 heterocycles. The number of benzene rings is 1. The van der Waals surface area contributed by atoms with Crippen LogP contribution in [0.1, 0.15) is 59.1 Å². The van der Waals surface area contributed by atoms with E-state index >= 15 is 0 Å². The zero-order valence-corrected chi connectivity index (χ0v) is 16.6. The van der Waals surface area contributed by atoms with Crippen molar-refractivity contribution in [1.82, 2.24) is 19.8 Å². The fraction of sp³-hybridized carbons (Fsp3) is 0.450. The number of aromatic nitrogens is 2. The summed E-state index contributed by atoms with van der Waals surface area (Å²) in [5.41, 5.74) is 2.06. The molecule has 1 N–H and O–H groups in total. The summed E-state index contributed by atoms with van der Waals surface area (Å²) in [6.45, 7) is 6.17. The predicted molar refractivity (Wildman–Crippen MR) is 105 cm³/mol. The quantitative estimate of drug-likeness (QED) is 0.825. The Morgan fingerprint density at radius 1 is 1.22 bits per heavy atom. The van der Waals surface area contributed by atoms with Crippen molar-refractivity contribution in [2.45, 2.75) is 46.2 Å². The van der Waals surface area contributed by atoms with E-state index in [1.165, 1.54) is 0 Å². The lowest BCUT2D eigenvalue weighted by atomic mass is 10.1. The molecule has 1 aliphatic rings. The number of nitrogens with zero attached hydrogens (tertiary/aromatic N) is 3. The largest absolute Gasteiger partial charge is 0.347 e. The van der Waals surface area contributed by atoms with E-state index in [9.17, 15) is 9.59 Å². The molecule has 6 nitrogen and oxygen atoms in total. The van der Waals surface area contributed by atoms with Gasteiger partial charge in [-0.15, -0.1) is 0 Å². The van der Waals surface area contributed by atoms with E-state index in [-0.39, 0.29) is 11.8 Å². The molecule has 0 spiro atoms. The maximum atomic E-state index is 12.8. The molecule has 2 aromatic rings. The standard InChI is InChI=1S/C20H25ClN4O2/c1-3-24(4-2)20(27)18-23-17(16-11-7-8-12-25(16)18)19(26)22-13-14-9-5-6-10-15(14)21/h5-6,9-10H,3-4,7-8,11-13H2,1-2H3,(H,22,26). The van der Waals surface area contributed by atoms with E-state index < -0.39 is 0 Å². The summed E-state index contributed by atoms with van der Waals surface area (Å²) in [5, 5.41) is 3.50. The number of imidazole rings is 1. The van der Waals surface area contributed by atoms with E-state index in [2.05, 4.69) is 10.3 Å². The Morgan fingerprint density at radius 3 is 2.67 bits per heavy atom. The van der Waals surface area contributed by atoms with E-state index in [0.29, 0.717) is 36.2 Å². The highest BCUT2D eigenvalue weighted by Gasteiger charge is 2.29. The molecule has 0 atom stereocenters. The van der Waals surface area contributed by atoms with Gasteiger partial charge in [-0.25, -0.2) is 4.98 Å². The third-order valence-corrected chi connectivity index (χ3v) is 5.34. The van der Waals surface area contributed by atoms with Gasteiger partial charge in [0.25, 0.3) is 11.8 Å². The molecule has 7 heteroatoms. The van der Waals surface area contributed by atoms with Gasteiger partial charge in [-0.3, -0.25) is 9.59 Å². The van der Waals surface area contributed by atoms with Crippen molar-refractivity contribution < 1.29 is 9.59 Å². The third kappa shape index (κ3) is 4.00. The van der Waals surface area contributed by atoms with Crippen LogP contribution in [0, 0.1) is 0 Å². The SMILES string of the molecule is CCN(CC)C(=O)c1nc(C(=O)NCc2ccccc2Cl)c2n1CCCC2. The average molecular weight is 389 g/mol. The average Bonchev–Trinajstić information content (AvgIpc) is 3.08. The monoisotopic (exact) mass is 388 g/mol. The van der Waals surface area contributed by atoms with Crippen LogP contribution < -0.4 is 5.32 Å². The first-order chi connectivity index (χ1) is 13.1. The Hall–Kier alpha value is -2.34. The smallest absolute Gasteiger partial charge is 0.289 e. The lowest BCUT2D eigenvalue weighted by molar-refractivity contribution is 0.0754. The molecule has 0 fully saturated rings. The Labute approximate surface area is 164 Å². The second-order valence-corrected chi connectivity index (χ2v) is 7.00. The molecule has 27 heavy (non-hydrogen) atoms. The van der Waals surface area contributed by atoms with Crippen LogP contribution in [0.25, 0.3) is 0 Å². The van der Waals surface area contributed by atoms with Crippen LogP contribution in [0.15, 0.2) is 24.3 Å². The highest BCUT2D eigenvalue weighted by atomic mass is 35.5. The second-order valence-electron chi connectivity index (χ2n) is 6.59. The normalized spacial score (nSPS) is 13.1.